The molecule has 4 N–H and O–H groups in total. The number of phenolic OH excluding ortho intramolecular Hbond substituents is 2. The highest BCUT2D eigenvalue weighted by atomic mass is 16.3. The van der Waals surface area contributed by atoms with Crippen LogP contribution in [0, 0.1) is 0 Å². The lowest BCUT2D eigenvalue weighted by atomic mass is 10.1. The molecular formula is C23H17NO6. The normalized spacial score (nSPS) is 11.9. The second-order valence-electron chi connectivity index (χ2n) is 6.23. The molecule has 0 saturated heterocycles. The van der Waals surface area contributed by atoms with Gasteiger partial charge in [-0.1, -0.05) is 30.3 Å². The van der Waals surface area contributed by atoms with E-state index < -0.39 is 23.1 Å². The lowest BCUT2D eigenvalue weighted by Crippen LogP contribution is -2.06. The summed E-state index contributed by atoms with van der Waals surface area (Å²) >= 11 is 0. The van der Waals surface area contributed by atoms with Crippen molar-refractivity contribution in [1.82, 2.24) is 4.98 Å². The molecule has 0 spiro atoms. The van der Waals surface area contributed by atoms with Gasteiger partial charge in [-0.3, -0.25) is 9.59 Å². The minimum atomic E-state index is -0.681. The smallest absolute Gasteiger partial charge is 0.207 e. The number of hydrogen-bond acceptors (Lipinski definition) is 7. The third-order valence-electron chi connectivity index (χ3n) is 4.15. The highest BCUT2D eigenvalue weighted by Crippen LogP contribution is 2.24. The highest BCUT2D eigenvalue weighted by Gasteiger charge is 2.14. The fourth-order valence-corrected chi connectivity index (χ4v) is 2.64. The van der Waals surface area contributed by atoms with E-state index in [2.05, 4.69) is 4.98 Å². The molecule has 7 heteroatoms. The molecule has 0 aliphatic rings. The second-order valence-corrected chi connectivity index (χ2v) is 6.23. The quantitative estimate of drug-likeness (QED) is 0.278. The van der Waals surface area contributed by atoms with Crippen LogP contribution in [0.2, 0.25) is 0 Å². The standard InChI is InChI=1S/C23H17NO6/c25-18-10-3-1-6-14(18)20(27)12-22(29)16-8-5-9-17(24-16)23(30)13-21(28)15-7-2-4-11-19(15)26/h1-13,25-28H/b20-12-,21-13-. The Labute approximate surface area is 171 Å². The average molecular weight is 403 g/mol. The summed E-state index contributed by atoms with van der Waals surface area (Å²) in [5.41, 5.74) is -0.0706. The number of rotatable bonds is 6. The van der Waals surface area contributed by atoms with Gasteiger partial charge in [0.1, 0.15) is 34.4 Å². The molecule has 7 nitrogen and oxygen atoms in total. The van der Waals surface area contributed by atoms with Crippen molar-refractivity contribution in [1.29, 1.82) is 0 Å². The van der Waals surface area contributed by atoms with E-state index in [0.717, 1.165) is 12.2 Å². The van der Waals surface area contributed by atoms with E-state index in [1.165, 1.54) is 42.5 Å². The molecule has 150 valence electrons. The van der Waals surface area contributed by atoms with E-state index in [1.54, 1.807) is 24.3 Å². The number of ketones is 2. The Bertz CT molecular complexity index is 1090. The van der Waals surface area contributed by atoms with Crippen LogP contribution in [0.1, 0.15) is 32.1 Å². The lowest BCUT2D eigenvalue weighted by molar-refractivity contribution is 0.103. The fourth-order valence-electron chi connectivity index (χ4n) is 2.64. The van der Waals surface area contributed by atoms with Crippen LogP contribution < -0.4 is 0 Å². The van der Waals surface area contributed by atoms with E-state index in [-0.39, 0.29) is 34.0 Å². The van der Waals surface area contributed by atoms with Gasteiger partial charge in [0.15, 0.2) is 0 Å². The number of allylic oxidation sites excluding steroid dienone is 2. The van der Waals surface area contributed by atoms with Crippen LogP contribution in [0.3, 0.4) is 0 Å². The molecule has 0 atom stereocenters. The van der Waals surface area contributed by atoms with Crippen molar-refractivity contribution in [3.63, 3.8) is 0 Å². The number of pyridine rings is 1. The number of aliphatic hydroxyl groups excluding tert-OH is 2. The number of phenols is 2. The number of aromatic hydroxyl groups is 2. The van der Waals surface area contributed by atoms with Crippen LogP contribution in [-0.4, -0.2) is 37.0 Å². The third kappa shape index (κ3) is 4.53. The number of para-hydroxylation sites is 2. The number of carbonyl (C=O) groups is 2. The van der Waals surface area contributed by atoms with Crippen LogP contribution in [0.15, 0.2) is 78.9 Å². The molecule has 30 heavy (non-hydrogen) atoms. The Morgan fingerprint density at radius 1 is 0.633 bits per heavy atom. The maximum atomic E-state index is 12.4. The van der Waals surface area contributed by atoms with Crippen LogP contribution >= 0.6 is 0 Å². The number of aliphatic hydroxyl groups is 2. The van der Waals surface area contributed by atoms with Crippen molar-refractivity contribution in [2.45, 2.75) is 0 Å². The number of benzene rings is 2. The van der Waals surface area contributed by atoms with Crippen LogP contribution in [-0.2, 0) is 0 Å². The molecule has 0 unspecified atom stereocenters. The molecule has 0 aliphatic carbocycles. The molecule has 0 amide bonds. The number of nitrogens with zero attached hydrogens (tertiary/aromatic N) is 1. The predicted octanol–water partition coefficient (Wildman–Crippen LogP) is 4.06. The minimum absolute atomic E-state index is 0.0774. The van der Waals surface area contributed by atoms with Gasteiger partial charge in [0.2, 0.25) is 11.6 Å². The summed E-state index contributed by atoms with van der Waals surface area (Å²) in [5, 5.41) is 39.7. The summed E-state index contributed by atoms with van der Waals surface area (Å²) in [5.74, 6) is -2.65. The maximum Gasteiger partial charge on any atom is 0.207 e. The molecule has 0 saturated carbocycles. The molecule has 1 aromatic heterocycles. The fraction of sp³-hybridized carbons (Fsp3) is 0. The molecule has 0 radical (unpaired) electrons. The van der Waals surface area contributed by atoms with Gasteiger partial charge in [-0.05, 0) is 36.4 Å². The van der Waals surface area contributed by atoms with Gasteiger partial charge in [0.25, 0.3) is 0 Å². The monoisotopic (exact) mass is 403 g/mol. The molecule has 2 aromatic carbocycles. The van der Waals surface area contributed by atoms with E-state index >= 15 is 0 Å². The number of aromatic nitrogens is 1. The molecular weight excluding hydrogens is 386 g/mol. The topological polar surface area (TPSA) is 128 Å². The Balaban J connectivity index is 1.85. The van der Waals surface area contributed by atoms with Gasteiger partial charge in [0.05, 0.1) is 11.1 Å². The summed E-state index contributed by atoms with van der Waals surface area (Å²) < 4.78 is 0. The minimum Gasteiger partial charge on any atom is -0.507 e. The number of carbonyl (C=O) groups excluding carboxylic acids is 2. The molecule has 1 heterocycles. The predicted molar refractivity (Wildman–Crippen MR) is 110 cm³/mol. The zero-order chi connectivity index (χ0) is 21.7. The van der Waals surface area contributed by atoms with Crippen LogP contribution in [0.4, 0.5) is 0 Å². The van der Waals surface area contributed by atoms with Crippen LogP contribution in [0.5, 0.6) is 11.5 Å². The lowest BCUT2D eigenvalue weighted by Gasteiger charge is -2.04. The molecule has 3 rings (SSSR count). The van der Waals surface area contributed by atoms with Crippen molar-refractivity contribution in [3.05, 3.63) is 101 Å². The third-order valence-corrected chi connectivity index (χ3v) is 4.15. The van der Waals surface area contributed by atoms with Crippen molar-refractivity contribution in [3.8, 4) is 11.5 Å². The molecule has 0 fully saturated rings. The first kappa shape index (κ1) is 20.3. The Kier molecular flexibility index (Phi) is 5.93. The SMILES string of the molecule is O=C(/C=C(\O)c1ccccc1O)c1cccc(C(=O)/C=C(\O)c2ccccc2O)n1. The van der Waals surface area contributed by atoms with Crippen LogP contribution in [0.25, 0.3) is 11.5 Å². The van der Waals surface area contributed by atoms with E-state index in [0.29, 0.717) is 0 Å². The first-order valence-corrected chi connectivity index (χ1v) is 8.80. The Hall–Kier alpha value is -4.39. The first-order valence-electron chi connectivity index (χ1n) is 8.80. The van der Waals surface area contributed by atoms with Gasteiger partial charge in [0, 0.05) is 12.2 Å². The summed E-state index contributed by atoms with van der Waals surface area (Å²) in [6.45, 7) is 0. The average Bonchev–Trinajstić information content (AvgIpc) is 2.74. The number of hydrogen-bond donors (Lipinski definition) is 4. The largest absolute Gasteiger partial charge is 0.507 e. The van der Waals surface area contributed by atoms with E-state index in [4.69, 9.17) is 0 Å². The summed E-state index contributed by atoms with van der Waals surface area (Å²) in [6, 6.07) is 16.1. The zero-order valence-corrected chi connectivity index (χ0v) is 15.6. The second kappa shape index (κ2) is 8.74. The van der Waals surface area contributed by atoms with Crippen molar-refractivity contribution in [2.24, 2.45) is 0 Å². The summed E-state index contributed by atoms with van der Waals surface area (Å²) in [7, 11) is 0. The Morgan fingerprint density at radius 3 is 1.43 bits per heavy atom. The van der Waals surface area contributed by atoms with E-state index in [9.17, 15) is 30.0 Å². The zero-order valence-electron chi connectivity index (χ0n) is 15.6. The Morgan fingerprint density at radius 2 is 1.03 bits per heavy atom. The summed E-state index contributed by atoms with van der Waals surface area (Å²) in [6.07, 6.45) is 1.78. The van der Waals surface area contributed by atoms with E-state index in [1.807, 2.05) is 0 Å². The molecule has 3 aromatic rings. The van der Waals surface area contributed by atoms with Gasteiger partial charge in [-0.25, -0.2) is 4.98 Å². The van der Waals surface area contributed by atoms with Gasteiger partial charge < -0.3 is 20.4 Å². The van der Waals surface area contributed by atoms with Crippen molar-refractivity contribution >= 4 is 23.1 Å². The molecule has 0 bridgehead atoms. The van der Waals surface area contributed by atoms with Crippen molar-refractivity contribution < 1.29 is 30.0 Å². The maximum absolute atomic E-state index is 12.4. The van der Waals surface area contributed by atoms with Gasteiger partial charge in [-0.15, -0.1) is 0 Å². The highest BCUT2D eigenvalue weighted by molar-refractivity contribution is 6.09. The summed E-state index contributed by atoms with van der Waals surface area (Å²) in [4.78, 5) is 28.8. The van der Waals surface area contributed by atoms with Gasteiger partial charge >= 0.3 is 0 Å². The van der Waals surface area contributed by atoms with Crippen molar-refractivity contribution in [2.75, 3.05) is 0 Å². The van der Waals surface area contributed by atoms with Gasteiger partial charge in [-0.2, -0.15) is 0 Å². The molecule has 0 aliphatic heterocycles. The first-order chi connectivity index (χ1) is 14.4.